The number of methoxy groups -OCH3 is 3. The fourth-order valence-electron chi connectivity index (χ4n) is 3.77. The third-order valence-corrected chi connectivity index (χ3v) is 6.75. The topological polar surface area (TPSA) is 58.4 Å². The van der Waals surface area contributed by atoms with Crippen LogP contribution in [0.15, 0.2) is 78.2 Å². The first-order chi connectivity index (χ1) is 17.1. The minimum Gasteiger partial charge on any atom is -0.497 e. The molecule has 176 valence electrons. The molecule has 0 atom stereocenters. The molecule has 0 aliphatic heterocycles. The molecule has 0 radical (unpaired) electrons. The van der Waals surface area contributed by atoms with Gasteiger partial charge in [0.2, 0.25) is 5.13 Å². The molecule has 8 heteroatoms. The second-order valence-corrected chi connectivity index (χ2v) is 8.85. The summed E-state index contributed by atoms with van der Waals surface area (Å²) in [4.78, 5) is 4.88. The molecule has 0 saturated heterocycles. The van der Waals surface area contributed by atoms with Crippen LogP contribution in [0.1, 0.15) is 0 Å². The summed E-state index contributed by atoms with van der Waals surface area (Å²) >= 11 is 8.49. The van der Waals surface area contributed by atoms with Gasteiger partial charge in [-0.15, -0.1) is 11.3 Å². The number of thiazole rings is 1. The van der Waals surface area contributed by atoms with Gasteiger partial charge in [-0.2, -0.15) is 5.10 Å². The molecule has 5 rings (SSSR count). The summed E-state index contributed by atoms with van der Waals surface area (Å²) in [6, 6.07) is 23.2. The normalized spacial score (nSPS) is 10.9. The Balaban J connectivity index is 1.66. The molecule has 2 heterocycles. The third kappa shape index (κ3) is 4.48. The van der Waals surface area contributed by atoms with E-state index < -0.39 is 0 Å². The average Bonchev–Trinajstić information content (AvgIpc) is 3.53. The Hall–Kier alpha value is -3.81. The quantitative estimate of drug-likeness (QED) is 0.239. The smallest absolute Gasteiger partial charge is 0.211 e. The highest BCUT2D eigenvalue weighted by Gasteiger charge is 2.23. The molecule has 6 nitrogen and oxygen atoms in total. The molecule has 0 spiro atoms. The standard InChI is InChI=1S/C27H22ClN3O3S/c1-32-20-12-10-17(11-13-20)23-16-35-27(29-23)31-26(19-7-5-9-22(15-19)34-3)24(28)25(30-31)18-6-4-8-21(14-18)33-2/h4-16H,1-3H3. The number of ether oxygens (including phenoxy) is 3. The van der Waals surface area contributed by atoms with E-state index in [-0.39, 0.29) is 0 Å². The van der Waals surface area contributed by atoms with E-state index >= 15 is 0 Å². The Labute approximate surface area is 212 Å². The highest BCUT2D eigenvalue weighted by Crippen LogP contribution is 2.40. The maximum atomic E-state index is 6.99. The summed E-state index contributed by atoms with van der Waals surface area (Å²) in [7, 11) is 4.93. The zero-order valence-electron chi connectivity index (χ0n) is 19.4. The molecule has 0 bridgehead atoms. The number of benzene rings is 3. The molecule has 0 unspecified atom stereocenters. The van der Waals surface area contributed by atoms with Crippen molar-refractivity contribution in [3.05, 3.63) is 83.2 Å². The van der Waals surface area contributed by atoms with Crippen LogP contribution in [0, 0.1) is 0 Å². The van der Waals surface area contributed by atoms with Crippen LogP contribution >= 0.6 is 22.9 Å². The van der Waals surface area contributed by atoms with Crippen LogP contribution in [0.3, 0.4) is 0 Å². The Kier molecular flexibility index (Phi) is 6.44. The first-order valence-electron chi connectivity index (χ1n) is 10.8. The van der Waals surface area contributed by atoms with Crippen LogP contribution in [0.25, 0.3) is 38.9 Å². The average molecular weight is 504 g/mol. The Bertz CT molecular complexity index is 1480. The first kappa shape index (κ1) is 23.0. The van der Waals surface area contributed by atoms with Crippen LogP contribution in [-0.2, 0) is 0 Å². The van der Waals surface area contributed by atoms with Crippen molar-refractivity contribution < 1.29 is 14.2 Å². The van der Waals surface area contributed by atoms with Gasteiger partial charge in [-0.3, -0.25) is 0 Å². The van der Waals surface area contributed by atoms with E-state index in [9.17, 15) is 0 Å². The summed E-state index contributed by atoms with van der Waals surface area (Å²) in [6.45, 7) is 0. The second kappa shape index (κ2) is 9.82. The fraction of sp³-hybridized carbons (Fsp3) is 0.111. The molecule has 0 aliphatic carbocycles. The SMILES string of the molecule is COc1ccc(-c2csc(-n3nc(-c4cccc(OC)c4)c(Cl)c3-c3cccc(OC)c3)n2)cc1. The lowest BCUT2D eigenvalue weighted by Crippen LogP contribution is -1.99. The summed E-state index contributed by atoms with van der Waals surface area (Å²) in [5.41, 5.74) is 4.94. The van der Waals surface area contributed by atoms with Crippen LogP contribution in [0.5, 0.6) is 17.2 Å². The van der Waals surface area contributed by atoms with Crippen molar-refractivity contribution in [2.45, 2.75) is 0 Å². The highest BCUT2D eigenvalue weighted by atomic mass is 35.5. The number of aromatic nitrogens is 3. The van der Waals surface area contributed by atoms with Crippen molar-refractivity contribution in [1.29, 1.82) is 0 Å². The Morgan fingerprint density at radius 1 is 0.743 bits per heavy atom. The molecule has 5 aromatic rings. The van der Waals surface area contributed by atoms with Crippen LogP contribution < -0.4 is 14.2 Å². The second-order valence-electron chi connectivity index (χ2n) is 7.63. The Morgan fingerprint density at radius 2 is 1.37 bits per heavy atom. The molecular formula is C27H22ClN3O3S. The van der Waals surface area contributed by atoms with Gasteiger partial charge >= 0.3 is 0 Å². The predicted molar refractivity (Wildman–Crippen MR) is 140 cm³/mol. The van der Waals surface area contributed by atoms with Crippen molar-refractivity contribution in [1.82, 2.24) is 14.8 Å². The van der Waals surface area contributed by atoms with Gasteiger partial charge in [-0.25, -0.2) is 9.67 Å². The van der Waals surface area contributed by atoms with Gasteiger partial charge in [0.05, 0.1) is 37.7 Å². The number of nitrogens with zero attached hydrogens (tertiary/aromatic N) is 3. The summed E-state index contributed by atoms with van der Waals surface area (Å²) in [5.74, 6) is 2.26. The van der Waals surface area contributed by atoms with Gasteiger partial charge in [-0.1, -0.05) is 35.9 Å². The van der Waals surface area contributed by atoms with Crippen molar-refractivity contribution in [3.63, 3.8) is 0 Å². The molecule has 0 N–H and O–H groups in total. The van der Waals surface area contributed by atoms with Crippen LogP contribution in [0.2, 0.25) is 5.02 Å². The lowest BCUT2D eigenvalue weighted by atomic mass is 10.1. The zero-order valence-corrected chi connectivity index (χ0v) is 20.9. The van der Waals surface area contributed by atoms with Crippen molar-refractivity contribution in [2.75, 3.05) is 21.3 Å². The first-order valence-corrected chi connectivity index (χ1v) is 12.0. The lowest BCUT2D eigenvalue weighted by molar-refractivity contribution is 0.415. The van der Waals surface area contributed by atoms with Crippen molar-refractivity contribution in [2.24, 2.45) is 0 Å². The van der Waals surface area contributed by atoms with Gasteiger partial charge in [-0.05, 0) is 48.5 Å². The Morgan fingerprint density at radius 3 is 2.03 bits per heavy atom. The van der Waals surface area contributed by atoms with E-state index in [4.69, 9.17) is 35.9 Å². The van der Waals surface area contributed by atoms with E-state index in [0.29, 0.717) is 15.8 Å². The predicted octanol–water partition coefficient (Wildman–Crippen LogP) is 7.01. The van der Waals surface area contributed by atoms with Crippen molar-refractivity contribution in [3.8, 4) is 56.2 Å². The lowest BCUT2D eigenvalue weighted by Gasteiger charge is -2.07. The number of hydrogen-bond acceptors (Lipinski definition) is 6. The van der Waals surface area contributed by atoms with E-state index in [1.54, 1.807) is 26.0 Å². The number of halogens is 1. The van der Waals surface area contributed by atoms with Gasteiger partial charge in [0.25, 0.3) is 0 Å². The highest BCUT2D eigenvalue weighted by molar-refractivity contribution is 7.12. The molecule has 35 heavy (non-hydrogen) atoms. The molecule has 2 aromatic heterocycles. The molecule has 0 aliphatic rings. The summed E-state index contributed by atoms with van der Waals surface area (Å²) < 4.78 is 17.9. The maximum absolute atomic E-state index is 6.99. The molecule has 0 saturated carbocycles. The molecule has 0 fully saturated rings. The zero-order chi connectivity index (χ0) is 24.4. The molecule has 0 amide bonds. The fourth-order valence-corrected chi connectivity index (χ4v) is 4.89. The largest absolute Gasteiger partial charge is 0.497 e. The molecule has 3 aromatic carbocycles. The van der Waals surface area contributed by atoms with Crippen molar-refractivity contribution >= 4 is 22.9 Å². The number of rotatable bonds is 7. The summed E-state index contributed by atoms with van der Waals surface area (Å²) in [6.07, 6.45) is 0. The van der Waals surface area contributed by atoms with Crippen LogP contribution in [-0.4, -0.2) is 36.1 Å². The van der Waals surface area contributed by atoms with E-state index in [1.165, 1.54) is 11.3 Å². The minimum atomic E-state index is 0.521. The van der Waals surface area contributed by atoms with Gasteiger partial charge in [0.15, 0.2) is 0 Å². The van der Waals surface area contributed by atoms with Crippen LogP contribution in [0.4, 0.5) is 0 Å². The maximum Gasteiger partial charge on any atom is 0.211 e. The molecular weight excluding hydrogens is 482 g/mol. The van der Waals surface area contributed by atoms with Gasteiger partial charge in [0.1, 0.15) is 22.9 Å². The van der Waals surface area contributed by atoms with Gasteiger partial charge in [0, 0.05) is 22.1 Å². The summed E-state index contributed by atoms with van der Waals surface area (Å²) in [5, 5.41) is 8.14. The minimum absolute atomic E-state index is 0.521. The monoisotopic (exact) mass is 503 g/mol. The third-order valence-electron chi connectivity index (χ3n) is 5.57. The van der Waals surface area contributed by atoms with Gasteiger partial charge < -0.3 is 14.2 Å². The van der Waals surface area contributed by atoms with E-state index in [2.05, 4.69) is 0 Å². The van der Waals surface area contributed by atoms with E-state index in [0.717, 1.165) is 45.3 Å². The van der Waals surface area contributed by atoms with E-state index in [1.807, 2.05) is 78.2 Å². The number of hydrogen-bond donors (Lipinski definition) is 0.